The van der Waals surface area contributed by atoms with Gasteiger partial charge in [-0.15, -0.1) is 0 Å². The van der Waals surface area contributed by atoms with Crippen LogP contribution in [0.4, 0.5) is 20.6 Å². The third-order valence-corrected chi connectivity index (χ3v) is 3.28. The van der Waals surface area contributed by atoms with E-state index in [2.05, 4.69) is 5.32 Å². The Bertz CT molecular complexity index is 528. The maximum Gasteiger partial charge on any atom is 0.407 e. The van der Waals surface area contributed by atoms with Crippen LogP contribution in [-0.4, -0.2) is 30.8 Å². The average molecular weight is 295 g/mol. The highest BCUT2D eigenvalue weighted by atomic mass is 19.1. The van der Waals surface area contributed by atoms with Gasteiger partial charge >= 0.3 is 6.09 Å². The van der Waals surface area contributed by atoms with Crippen molar-refractivity contribution in [3.63, 3.8) is 0 Å². The van der Waals surface area contributed by atoms with Gasteiger partial charge < -0.3 is 20.7 Å². The Hall–Kier alpha value is -1.98. The fraction of sp³-hybridized carbons (Fsp3) is 0.533. The van der Waals surface area contributed by atoms with E-state index < -0.39 is 17.5 Å². The SMILES string of the molecule is CC(C)(C)OC(=O)NC1CCN(c2cccc(F)c2N)C1. The minimum atomic E-state index is -0.518. The number of carbonyl (C=O) groups excluding carboxylic acids is 1. The zero-order valence-corrected chi connectivity index (χ0v) is 12.6. The Morgan fingerprint density at radius 1 is 1.48 bits per heavy atom. The first-order valence-electron chi connectivity index (χ1n) is 7.05. The molecule has 1 aliphatic rings. The van der Waals surface area contributed by atoms with Crippen LogP contribution in [0.25, 0.3) is 0 Å². The van der Waals surface area contributed by atoms with Crippen LogP contribution in [0.3, 0.4) is 0 Å². The maximum absolute atomic E-state index is 13.5. The highest BCUT2D eigenvalue weighted by Crippen LogP contribution is 2.28. The number of anilines is 2. The third-order valence-electron chi connectivity index (χ3n) is 3.28. The predicted molar refractivity (Wildman–Crippen MR) is 80.8 cm³/mol. The number of ether oxygens (including phenoxy) is 1. The van der Waals surface area contributed by atoms with E-state index in [0.717, 1.165) is 6.42 Å². The molecule has 5 nitrogen and oxygen atoms in total. The molecule has 3 N–H and O–H groups in total. The van der Waals surface area contributed by atoms with E-state index in [1.807, 2.05) is 25.7 Å². The fourth-order valence-corrected chi connectivity index (χ4v) is 2.37. The molecule has 0 aliphatic carbocycles. The van der Waals surface area contributed by atoms with Crippen LogP contribution in [0.5, 0.6) is 0 Å². The number of nitrogens with zero attached hydrogens (tertiary/aromatic N) is 1. The second kappa shape index (κ2) is 5.79. The van der Waals surface area contributed by atoms with Crippen LogP contribution in [0.1, 0.15) is 27.2 Å². The molecule has 1 aromatic carbocycles. The molecule has 2 rings (SSSR count). The van der Waals surface area contributed by atoms with Gasteiger partial charge in [-0.2, -0.15) is 0 Å². The number of nitrogens with one attached hydrogen (secondary N) is 1. The first-order chi connectivity index (χ1) is 9.76. The number of nitrogen functional groups attached to an aromatic ring is 1. The van der Waals surface area contributed by atoms with E-state index in [0.29, 0.717) is 18.8 Å². The van der Waals surface area contributed by atoms with E-state index in [1.54, 1.807) is 12.1 Å². The van der Waals surface area contributed by atoms with Gasteiger partial charge in [-0.05, 0) is 39.3 Å². The normalized spacial score (nSPS) is 18.7. The molecular formula is C15H22FN3O2. The number of alkyl carbamates (subject to hydrolysis) is 1. The lowest BCUT2D eigenvalue weighted by molar-refractivity contribution is 0.0509. The highest BCUT2D eigenvalue weighted by molar-refractivity contribution is 5.70. The largest absolute Gasteiger partial charge is 0.444 e. The minimum Gasteiger partial charge on any atom is -0.444 e. The van der Waals surface area contributed by atoms with Crippen LogP contribution in [0, 0.1) is 5.82 Å². The summed E-state index contributed by atoms with van der Waals surface area (Å²) in [5.41, 5.74) is 6.06. The van der Waals surface area contributed by atoms with Gasteiger partial charge in [0.15, 0.2) is 0 Å². The fourth-order valence-electron chi connectivity index (χ4n) is 2.37. The number of hydrogen-bond donors (Lipinski definition) is 2. The van der Waals surface area contributed by atoms with Gasteiger partial charge in [0.2, 0.25) is 0 Å². The second-order valence-electron chi connectivity index (χ2n) is 6.25. The van der Waals surface area contributed by atoms with Gasteiger partial charge in [0.25, 0.3) is 0 Å². The molecule has 1 amide bonds. The van der Waals surface area contributed by atoms with Crippen molar-refractivity contribution in [2.75, 3.05) is 23.7 Å². The number of halogens is 1. The quantitative estimate of drug-likeness (QED) is 0.823. The molecule has 1 atom stereocenters. The smallest absolute Gasteiger partial charge is 0.407 e. The number of nitrogens with two attached hydrogens (primary N) is 1. The lowest BCUT2D eigenvalue weighted by Gasteiger charge is -2.23. The summed E-state index contributed by atoms with van der Waals surface area (Å²) >= 11 is 0. The molecule has 116 valence electrons. The molecular weight excluding hydrogens is 273 g/mol. The Kier molecular flexibility index (Phi) is 4.25. The molecule has 21 heavy (non-hydrogen) atoms. The molecule has 0 saturated carbocycles. The van der Waals surface area contributed by atoms with Crippen molar-refractivity contribution in [3.05, 3.63) is 24.0 Å². The van der Waals surface area contributed by atoms with E-state index in [-0.39, 0.29) is 11.7 Å². The summed E-state index contributed by atoms with van der Waals surface area (Å²) in [7, 11) is 0. The van der Waals surface area contributed by atoms with Crippen LogP contribution in [-0.2, 0) is 4.74 Å². The zero-order chi connectivity index (χ0) is 15.6. The van der Waals surface area contributed by atoms with Gasteiger partial charge in [-0.25, -0.2) is 9.18 Å². The summed E-state index contributed by atoms with van der Waals surface area (Å²) in [5, 5.41) is 2.83. The third kappa shape index (κ3) is 4.00. The van der Waals surface area contributed by atoms with Gasteiger partial charge in [0.1, 0.15) is 11.4 Å². The van der Waals surface area contributed by atoms with E-state index >= 15 is 0 Å². The second-order valence-corrected chi connectivity index (χ2v) is 6.25. The Labute approximate surface area is 124 Å². The van der Waals surface area contributed by atoms with Crippen LogP contribution < -0.4 is 16.0 Å². The van der Waals surface area contributed by atoms with Crippen molar-refractivity contribution in [1.29, 1.82) is 0 Å². The number of carbonyl (C=O) groups is 1. The van der Waals surface area contributed by atoms with E-state index in [1.165, 1.54) is 6.07 Å². The lowest BCUT2D eigenvalue weighted by atomic mass is 10.2. The number of amides is 1. The lowest BCUT2D eigenvalue weighted by Crippen LogP contribution is -2.40. The van der Waals surface area contributed by atoms with Crippen LogP contribution >= 0.6 is 0 Å². The zero-order valence-electron chi connectivity index (χ0n) is 12.6. The number of hydrogen-bond acceptors (Lipinski definition) is 4. The first kappa shape index (κ1) is 15.4. The minimum absolute atomic E-state index is 0.0254. The van der Waals surface area contributed by atoms with Gasteiger partial charge in [0, 0.05) is 13.1 Å². The Balaban J connectivity index is 1.95. The van der Waals surface area contributed by atoms with E-state index in [4.69, 9.17) is 10.5 Å². The number of para-hydroxylation sites is 1. The van der Waals surface area contributed by atoms with E-state index in [9.17, 15) is 9.18 Å². The molecule has 0 radical (unpaired) electrons. The Morgan fingerprint density at radius 2 is 2.19 bits per heavy atom. The first-order valence-corrected chi connectivity index (χ1v) is 7.05. The maximum atomic E-state index is 13.5. The Morgan fingerprint density at radius 3 is 2.86 bits per heavy atom. The molecule has 1 heterocycles. The molecule has 0 aromatic heterocycles. The number of benzene rings is 1. The molecule has 0 spiro atoms. The molecule has 1 unspecified atom stereocenters. The summed E-state index contributed by atoms with van der Waals surface area (Å²) < 4.78 is 18.7. The topological polar surface area (TPSA) is 67.6 Å². The van der Waals surface area contributed by atoms with Crippen LogP contribution in [0.2, 0.25) is 0 Å². The molecule has 1 aliphatic heterocycles. The van der Waals surface area contributed by atoms with Crippen molar-refractivity contribution < 1.29 is 13.9 Å². The summed E-state index contributed by atoms with van der Waals surface area (Å²) in [6, 6.07) is 4.73. The van der Waals surface area contributed by atoms with Crippen molar-refractivity contribution >= 4 is 17.5 Å². The molecule has 1 saturated heterocycles. The van der Waals surface area contributed by atoms with Gasteiger partial charge in [-0.1, -0.05) is 6.07 Å². The highest BCUT2D eigenvalue weighted by Gasteiger charge is 2.27. The van der Waals surface area contributed by atoms with Crippen molar-refractivity contribution in [2.45, 2.75) is 38.8 Å². The van der Waals surface area contributed by atoms with Gasteiger partial charge in [-0.3, -0.25) is 0 Å². The summed E-state index contributed by atoms with van der Waals surface area (Å²) in [6.45, 7) is 6.77. The van der Waals surface area contributed by atoms with Crippen molar-refractivity contribution in [1.82, 2.24) is 5.32 Å². The average Bonchev–Trinajstić information content (AvgIpc) is 2.78. The molecule has 6 heteroatoms. The summed E-state index contributed by atoms with van der Waals surface area (Å²) in [5.74, 6) is -0.420. The molecule has 1 fully saturated rings. The number of rotatable bonds is 2. The monoisotopic (exact) mass is 295 g/mol. The summed E-state index contributed by atoms with van der Waals surface area (Å²) in [6.07, 6.45) is 0.344. The standard InChI is InChI=1S/C15H22FN3O2/c1-15(2,3)21-14(20)18-10-7-8-19(9-10)12-6-4-5-11(16)13(12)17/h4-6,10H,7-9,17H2,1-3H3,(H,18,20). The molecule has 0 bridgehead atoms. The molecule has 1 aromatic rings. The van der Waals surface area contributed by atoms with Crippen molar-refractivity contribution in [2.24, 2.45) is 0 Å². The predicted octanol–water partition coefficient (Wildman–Crippen LogP) is 2.51. The van der Waals surface area contributed by atoms with Gasteiger partial charge in [0.05, 0.1) is 17.4 Å². The summed E-state index contributed by atoms with van der Waals surface area (Å²) in [4.78, 5) is 13.7. The van der Waals surface area contributed by atoms with Crippen LogP contribution in [0.15, 0.2) is 18.2 Å². The van der Waals surface area contributed by atoms with Crippen molar-refractivity contribution in [3.8, 4) is 0 Å².